The Morgan fingerprint density at radius 3 is 2.68 bits per heavy atom. The molecule has 6 nitrogen and oxygen atoms in total. The maximum atomic E-state index is 12.5. The van der Waals surface area contributed by atoms with E-state index >= 15 is 0 Å². The number of carbonyl (C=O) groups is 1. The molecule has 1 fully saturated rings. The summed E-state index contributed by atoms with van der Waals surface area (Å²) in [5.74, 6) is -0.122. The molecule has 22 heavy (non-hydrogen) atoms. The Hall–Kier alpha value is -1.15. The Morgan fingerprint density at radius 1 is 1.32 bits per heavy atom. The molecule has 0 saturated carbocycles. The minimum absolute atomic E-state index is 0. The van der Waals surface area contributed by atoms with Gasteiger partial charge in [0, 0.05) is 24.7 Å². The van der Waals surface area contributed by atoms with Gasteiger partial charge in [-0.3, -0.25) is 4.79 Å². The van der Waals surface area contributed by atoms with Gasteiger partial charge in [0.2, 0.25) is 10.0 Å². The molecule has 124 valence electrons. The van der Waals surface area contributed by atoms with Gasteiger partial charge >= 0.3 is 0 Å². The first-order valence-corrected chi connectivity index (χ1v) is 8.46. The Balaban J connectivity index is 0.00000242. The maximum Gasteiger partial charge on any atom is 0.253 e. The first kappa shape index (κ1) is 18.9. The summed E-state index contributed by atoms with van der Waals surface area (Å²) in [5.41, 5.74) is 0.406. The lowest BCUT2D eigenvalue weighted by Crippen LogP contribution is -2.47. The summed E-state index contributed by atoms with van der Waals surface area (Å²) in [4.78, 5) is 14.4. The van der Waals surface area contributed by atoms with E-state index in [2.05, 4.69) is 10.0 Å². The zero-order valence-corrected chi connectivity index (χ0v) is 14.3. The van der Waals surface area contributed by atoms with E-state index in [1.807, 2.05) is 7.05 Å². The second-order valence-corrected chi connectivity index (χ2v) is 7.00. The summed E-state index contributed by atoms with van der Waals surface area (Å²) >= 11 is 0. The van der Waals surface area contributed by atoms with Crippen LogP contribution in [0.25, 0.3) is 0 Å². The monoisotopic (exact) mass is 347 g/mol. The van der Waals surface area contributed by atoms with E-state index in [0.717, 1.165) is 12.8 Å². The molecule has 0 aliphatic carbocycles. The number of amides is 1. The van der Waals surface area contributed by atoms with Gasteiger partial charge < -0.3 is 10.2 Å². The van der Waals surface area contributed by atoms with Crippen LogP contribution in [-0.2, 0) is 10.0 Å². The molecule has 2 rings (SSSR count). The van der Waals surface area contributed by atoms with Gasteiger partial charge in [-0.2, -0.15) is 0 Å². The Morgan fingerprint density at radius 2 is 2.05 bits per heavy atom. The van der Waals surface area contributed by atoms with E-state index in [4.69, 9.17) is 0 Å². The highest BCUT2D eigenvalue weighted by atomic mass is 35.5. The molecular weight excluding hydrogens is 326 g/mol. The van der Waals surface area contributed by atoms with Crippen molar-refractivity contribution in [2.24, 2.45) is 0 Å². The first-order chi connectivity index (χ1) is 9.97. The number of halogens is 1. The van der Waals surface area contributed by atoms with Gasteiger partial charge in [-0.25, -0.2) is 13.1 Å². The van der Waals surface area contributed by atoms with Crippen molar-refractivity contribution in [3.05, 3.63) is 29.8 Å². The number of likely N-dealkylation sites (tertiary alicyclic amines) is 1. The molecule has 1 saturated heterocycles. The predicted octanol–water partition coefficient (Wildman–Crippen LogP) is 0.840. The fraction of sp³-hybridized carbons (Fsp3) is 0.500. The summed E-state index contributed by atoms with van der Waals surface area (Å²) < 4.78 is 25.9. The summed E-state index contributed by atoms with van der Waals surface area (Å²) in [5, 5.41) is 3.19. The van der Waals surface area contributed by atoms with Crippen LogP contribution in [0.5, 0.6) is 0 Å². The fourth-order valence-electron chi connectivity index (χ4n) is 2.49. The smallest absolute Gasteiger partial charge is 0.253 e. The molecule has 1 aromatic rings. The van der Waals surface area contributed by atoms with Crippen LogP contribution in [0.15, 0.2) is 29.2 Å². The lowest BCUT2D eigenvalue weighted by molar-refractivity contribution is 0.0698. The molecule has 1 aliphatic rings. The van der Waals surface area contributed by atoms with Crippen LogP contribution in [0.2, 0.25) is 0 Å². The van der Waals surface area contributed by atoms with Gasteiger partial charge in [-0.15, -0.1) is 12.4 Å². The van der Waals surface area contributed by atoms with Crippen LogP contribution < -0.4 is 10.0 Å². The van der Waals surface area contributed by atoms with Gasteiger partial charge in [0.15, 0.2) is 0 Å². The molecule has 1 heterocycles. The maximum absolute atomic E-state index is 12.5. The number of hydrogen-bond acceptors (Lipinski definition) is 4. The van der Waals surface area contributed by atoms with Crippen molar-refractivity contribution in [1.29, 1.82) is 0 Å². The van der Waals surface area contributed by atoms with E-state index in [1.165, 1.54) is 19.2 Å². The van der Waals surface area contributed by atoms with Crippen molar-refractivity contribution in [1.82, 2.24) is 14.9 Å². The van der Waals surface area contributed by atoms with Gasteiger partial charge in [0.25, 0.3) is 5.91 Å². The highest BCUT2D eigenvalue weighted by molar-refractivity contribution is 7.89. The van der Waals surface area contributed by atoms with Crippen LogP contribution in [0.3, 0.4) is 0 Å². The quantitative estimate of drug-likeness (QED) is 0.846. The molecule has 8 heteroatoms. The molecule has 0 spiro atoms. The normalized spacial score (nSPS) is 18.6. The number of nitrogens with one attached hydrogen (secondary N) is 2. The Labute approximate surface area is 137 Å². The lowest BCUT2D eigenvalue weighted by Gasteiger charge is -2.32. The van der Waals surface area contributed by atoms with E-state index < -0.39 is 10.0 Å². The van der Waals surface area contributed by atoms with Crippen LogP contribution in [0.1, 0.15) is 23.2 Å². The number of rotatable bonds is 4. The minimum Gasteiger partial charge on any atom is -0.337 e. The van der Waals surface area contributed by atoms with Crippen molar-refractivity contribution in [2.75, 3.05) is 27.2 Å². The van der Waals surface area contributed by atoms with E-state index in [-0.39, 0.29) is 23.2 Å². The molecule has 0 radical (unpaired) electrons. The molecular formula is C14H22ClN3O3S. The number of sulfonamides is 1. The minimum atomic E-state index is -3.53. The Bertz CT molecular complexity index is 622. The third-order valence-electron chi connectivity index (χ3n) is 3.78. The standard InChI is InChI=1S/C14H21N3O3S.ClH/c1-15-12-6-4-8-17(10-12)14(18)11-5-3-7-13(9-11)21(19,20)16-2;/h3,5,7,9,12,15-16H,4,6,8,10H2,1-2H3;1H. The van der Waals surface area contributed by atoms with E-state index in [0.29, 0.717) is 24.7 Å². The van der Waals surface area contributed by atoms with Crippen molar-refractivity contribution in [3.8, 4) is 0 Å². The average molecular weight is 348 g/mol. The highest BCUT2D eigenvalue weighted by Gasteiger charge is 2.24. The van der Waals surface area contributed by atoms with Gasteiger partial charge in [-0.05, 0) is 45.1 Å². The summed E-state index contributed by atoms with van der Waals surface area (Å²) in [6, 6.07) is 6.45. The van der Waals surface area contributed by atoms with Crippen molar-refractivity contribution in [2.45, 2.75) is 23.8 Å². The largest absolute Gasteiger partial charge is 0.337 e. The topological polar surface area (TPSA) is 78.5 Å². The molecule has 1 aromatic carbocycles. The third kappa shape index (κ3) is 4.19. The molecule has 1 unspecified atom stereocenters. The van der Waals surface area contributed by atoms with Crippen LogP contribution >= 0.6 is 12.4 Å². The first-order valence-electron chi connectivity index (χ1n) is 6.98. The van der Waals surface area contributed by atoms with Crippen LogP contribution in [0.4, 0.5) is 0 Å². The second-order valence-electron chi connectivity index (χ2n) is 5.11. The van der Waals surface area contributed by atoms with E-state index in [1.54, 1.807) is 17.0 Å². The van der Waals surface area contributed by atoms with Crippen molar-refractivity contribution < 1.29 is 13.2 Å². The van der Waals surface area contributed by atoms with Gasteiger partial charge in [-0.1, -0.05) is 6.07 Å². The number of piperidine rings is 1. The fourth-order valence-corrected chi connectivity index (χ4v) is 3.27. The van der Waals surface area contributed by atoms with Crippen molar-refractivity contribution in [3.63, 3.8) is 0 Å². The third-order valence-corrected chi connectivity index (χ3v) is 5.19. The molecule has 1 atom stereocenters. The van der Waals surface area contributed by atoms with Crippen LogP contribution in [0, 0.1) is 0 Å². The van der Waals surface area contributed by atoms with Gasteiger partial charge in [0.05, 0.1) is 4.90 Å². The summed E-state index contributed by atoms with van der Waals surface area (Å²) in [6.07, 6.45) is 2.00. The summed E-state index contributed by atoms with van der Waals surface area (Å²) in [7, 11) is -0.293. The summed E-state index contributed by atoms with van der Waals surface area (Å²) in [6.45, 7) is 1.36. The van der Waals surface area contributed by atoms with Crippen LogP contribution in [-0.4, -0.2) is 52.5 Å². The molecule has 0 bridgehead atoms. The average Bonchev–Trinajstić information content (AvgIpc) is 2.54. The highest BCUT2D eigenvalue weighted by Crippen LogP contribution is 2.16. The zero-order valence-electron chi connectivity index (χ0n) is 12.7. The second kappa shape index (κ2) is 7.92. The lowest BCUT2D eigenvalue weighted by atomic mass is 10.0. The predicted molar refractivity (Wildman–Crippen MR) is 87.9 cm³/mol. The SMILES string of the molecule is CNC1CCCN(C(=O)c2cccc(S(=O)(=O)NC)c2)C1.Cl. The number of likely N-dealkylation sites (N-methyl/N-ethyl adjacent to an activating group) is 1. The number of benzene rings is 1. The van der Waals surface area contributed by atoms with Gasteiger partial charge in [0.1, 0.15) is 0 Å². The molecule has 1 aliphatic heterocycles. The molecule has 1 amide bonds. The number of hydrogen-bond donors (Lipinski definition) is 2. The number of carbonyl (C=O) groups excluding carboxylic acids is 1. The number of nitrogens with zero attached hydrogens (tertiary/aromatic N) is 1. The zero-order chi connectivity index (χ0) is 15.5. The Kier molecular flexibility index (Phi) is 6.80. The van der Waals surface area contributed by atoms with Crippen molar-refractivity contribution >= 4 is 28.3 Å². The molecule has 0 aromatic heterocycles. The van der Waals surface area contributed by atoms with E-state index in [9.17, 15) is 13.2 Å². The molecule has 2 N–H and O–H groups in total.